The average Bonchev–Trinajstić information content (AvgIpc) is 2.36. The molecule has 0 heterocycles. The molecule has 1 rings (SSSR count). The maximum atomic E-state index is 11.0. The summed E-state index contributed by atoms with van der Waals surface area (Å²) >= 11 is 3.26. The third-order valence-electron chi connectivity index (χ3n) is 3.34. The lowest BCUT2D eigenvalue weighted by molar-refractivity contribution is -0.385. The van der Waals surface area contributed by atoms with Crippen molar-refractivity contribution in [3.63, 3.8) is 0 Å². The standard InChI is InChI=1S/C14H21BrN2O2/c1-4-10(2)7-11(3)16-9-12-5-6-13(15)8-14(12)17(18)19/h5-6,8,10-11,16H,4,7,9H2,1-3H3. The van der Waals surface area contributed by atoms with Crippen molar-refractivity contribution in [1.29, 1.82) is 0 Å². The van der Waals surface area contributed by atoms with E-state index in [-0.39, 0.29) is 10.6 Å². The Hall–Kier alpha value is -0.940. The highest BCUT2D eigenvalue weighted by Gasteiger charge is 2.15. The summed E-state index contributed by atoms with van der Waals surface area (Å²) in [4.78, 5) is 10.7. The third-order valence-corrected chi connectivity index (χ3v) is 3.83. The lowest BCUT2D eigenvalue weighted by atomic mass is 10.0. The van der Waals surface area contributed by atoms with Gasteiger partial charge in [0.1, 0.15) is 0 Å². The molecule has 0 saturated carbocycles. The van der Waals surface area contributed by atoms with Gasteiger partial charge in [-0.15, -0.1) is 0 Å². The summed E-state index contributed by atoms with van der Waals surface area (Å²) < 4.78 is 0.732. The molecule has 1 N–H and O–H groups in total. The Morgan fingerprint density at radius 2 is 2.11 bits per heavy atom. The second kappa shape index (κ2) is 7.60. The Bertz CT molecular complexity index is 437. The first kappa shape index (κ1) is 16.1. The molecule has 2 unspecified atom stereocenters. The molecule has 1 aromatic carbocycles. The summed E-state index contributed by atoms with van der Waals surface area (Å²) in [7, 11) is 0. The number of nitrogens with one attached hydrogen (secondary N) is 1. The Morgan fingerprint density at radius 1 is 1.42 bits per heavy atom. The minimum absolute atomic E-state index is 0.164. The zero-order valence-corrected chi connectivity index (χ0v) is 13.2. The van der Waals surface area contributed by atoms with Crippen LogP contribution in [0.5, 0.6) is 0 Å². The lowest BCUT2D eigenvalue weighted by Gasteiger charge is -2.17. The van der Waals surface area contributed by atoms with Gasteiger partial charge in [0, 0.05) is 28.7 Å². The molecule has 0 bridgehead atoms. The number of nitro groups is 1. The van der Waals surface area contributed by atoms with Crippen LogP contribution in [0.15, 0.2) is 22.7 Å². The summed E-state index contributed by atoms with van der Waals surface area (Å²) in [6.45, 7) is 7.05. The van der Waals surface area contributed by atoms with Crippen molar-refractivity contribution >= 4 is 21.6 Å². The van der Waals surface area contributed by atoms with Crippen molar-refractivity contribution < 1.29 is 4.92 Å². The number of rotatable bonds is 7. The number of benzene rings is 1. The molecule has 4 nitrogen and oxygen atoms in total. The van der Waals surface area contributed by atoms with Gasteiger partial charge < -0.3 is 5.32 Å². The van der Waals surface area contributed by atoms with Crippen LogP contribution in [0.2, 0.25) is 0 Å². The van der Waals surface area contributed by atoms with E-state index in [2.05, 4.69) is 42.0 Å². The predicted molar refractivity (Wildman–Crippen MR) is 81.2 cm³/mol. The largest absolute Gasteiger partial charge is 0.310 e. The van der Waals surface area contributed by atoms with Crippen molar-refractivity contribution in [2.75, 3.05) is 0 Å². The van der Waals surface area contributed by atoms with E-state index in [0.29, 0.717) is 18.5 Å². The smallest absolute Gasteiger partial charge is 0.275 e. The van der Waals surface area contributed by atoms with Gasteiger partial charge in [-0.1, -0.05) is 36.2 Å². The van der Waals surface area contributed by atoms with Crippen molar-refractivity contribution in [2.45, 2.75) is 46.2 Å². The molecule has 106 valence electrons. The van der Waals surface area contributed by atoms with Crippen LogP contribution in [0.25, 0.3) is 0 Å². The second-order valence-electron chi connectivity index (χ2n) is 5.06. The highest BCUT2D eigenvalue weighted by atomic mass is 79.9. The van der Waals surface area contributed by atoms with E-state index in [0.717, 1.165) is 22.9 Å². The van der Waals surface area contributed by atoms with Crippen LogP contribution >= 0.6 is 15.9 Å². The van der Waals surface area contributed by atoms with Crippen molar-refractivity contribution in [2.24, 2.45) is 5.92 Å². The van der Waals surface area contributed by atoms with E-state index in [1.807, 2.05) is 6.07 Å². The molecule has 2 atom stereocenters. The minimum Gasteiger partial charge on any atom is -0.310 e. The van der Waals surface area contributed by atoms with Gasteiger partial charge in [0.05, 0.1) is 4.92 Å². The van der Waals surface area contributed by atoms with Gasteiger partial charge in [-0.2, -0.15) is 0 Å². The third kappa shape index (κ3) is 5.28. The molecule has 0 aliphatic carbocycles. The highest BCUT2D eigenvalue weighted by Crippen LogP contribution is 2.23. The monoisotopic (exact) mass is 328 g/mol. The van der Waals surface area contributed by atoms with E-state index in [9.17, 15) is 10.1 Å². The molecule has 0 aromatic heterocycles. The zero-order chi connectivity index (χ0) is 14.4. The first-order chi connectivity index (χ1) is 8.93. The summed E-state index contributed by atoms with van der Waals surface area (Å²) in [6, 6.07) is 5.54. The molecule has 0 amide bonds. The van der Waals surface area contributed by atoms with Crippen LogP contribution in [0, 0.1) is 16.0 Å². The quantitative estimate of drug-likeness (QED) is 0.600. The van der Waals surface area contributed by atoms with E-state index < -0.39 is 0 Å². The second-order valence-corrected chi connectivity index (χ2v) is 5.98. The van der Waals surface area contributed by atoms with Gasteiger partial charge in [-0.3, -0.25) is 10.1 Å². The molecule has 5 heteroatoms. The fourth-order valence-corrected chi connectivity index (χ4v) is 2.34. The Kier molecular flexibility index (Phi) is 6.45. The lowest BCUT2D eigenvalue weighted by Crippen LogP contribution is -2.27. The van der Waals surface area contributed by atoms with E-state index >= 15 is 0 Å². The van der Waals surface area contributed by atoms with Gasteiger partial charge in [0.25, 0.3) is 5.69 Å². The summed E-state index contributed by atoms with van der Waals surface area (Å²) in [5.74, 6) is 0.669. The SMILES string of the molecule is CCC(C)CC(C)NCc1ccc(Br)cc1[N+](=O)[O-]. The van der Waals surface area contributed by atoms with Gasteiger partial charge in [0.15, 0.2) is 0 Å². The fourth-order valence-electron chi connectivity index (χ4n) is 1.99. The van der Waals surface area contributed by atoms with Crippen molar-refractivity contribution in [3.05, 3.63) is 38.3 Å². The average molecular weight is 329 g/mol. The number of hydrogen-bond donors (Lipinski definition) is 1. The van der Waals surface area contributed by atoms with E-state index in [1.54, 1.807) is 12.1 Å². The van der Waals surface area contributed by atoms with Crippen molar-refractivity contribution in [1.82, 2.24) is 5.32 Å². The van der Waals surface area contributed by atoms with Crippen LogP contribution in [0.4, 0.5) is 5.69 Å². The summed E-state index contributed by atoms with van der Waals surface area (Å²) in [5.41, 5.74) is 0.891. The maximum absolute atomic E-state index is 11.0. The van der Waals surface area contributed by atoms with Gasteiger partial charge >= 0.3 is 0 Å². The molecule has 1 aromatic rings. The Balaban J connectivity index is 2.65. The number of hydrogen-bond acceptors (Lipinski definition) is 3. The summed E-state index contributed by atoms with van der Waals surface area (Å²) in [5, 5.41) is 14.4. The van der Waals surface area contributed by atoms with E-state index in [1.165, 1.54) is 0 Å². The minimum atomic E-state index is -0.332. The molecule has 0 spiro atoms. The first-order valence-electron chi connectivity index (χ1n) is 6.60. The molecule has 0 saturated heterocycles. The molecule has 0 radical (unpaired) electrons. The Morgan fingerprint density at radius 3 is 2.68 bits per heavy atom. The van der Waals surface area contributed by atoms with Gasteiger partial charge in [-0.05, 0) is 31.4 Å². The molecule has 0 aliphatic heterocycles. The molecule has 0 aliphatic rings. The van der Waals surface area contributed by atoms with Gasteiger partial charge in [-0.25, -0.2) is 0 Å². The molecule has 0 fully saturated rings. The van der Waals surface area contributed by atoms with Gasteiger partial charge in [0.2, 0.25) is 0 Å². The topological polar surface area (TPSA) is 55.2 Å². The maximum Gasteiger partial charge on any atom is 0.275 e. The molecule has 19 heavy (non-hydrogen) atoms. The Labute approximate surface area is 122 Å². The van der Waals surface area contributed by atoms with E-state index in [4.69, 9.17) is 0 Å². The van der Waals surface area contributed by atoms with Crippen molar-refractivity contribution in [3.8, 4) is 0 Å². The predicted octanol–water partition coefficient (Wildman–Crippen LogP) is 4.27. The fraction of sp³-hybridized carbons (Fsp3) is 0.571. The van der Waals surface area contributed by atoms with Crippen LogP contribution in [0.3, 0.4) is 0 Å². The first-order valence-corrected chi connectivity index (χ1v) is 7.39. The van der Waals surface area contributed by atoms with Crippen LogP contribution < -0.4 is 5.32 Å². The highest BCUT2D eigenvalue weighted by molar-refractivity contribution is 9.10. The zero-order valence-electron chi connectivity index (χ0n) is 11.6. The van der Waals surface area contributed by atoms with Crippen LogP contribution in [-0.4, -0.2) is 11.0 Å². The number of halogens is 1. The van der Waals surface area contributed by atoms with Crippen LogP contribution in [0.1, 0.15) is 39.2 Å². The molecular weight excluding hydrogens is 308 g/mol. The summed E-state index contributed by atoms with van der Waals surface area (Å²) in [6.07, 6.45) is 2.24. The molecular formula is C14H21BrN2O2. The van der Waals surface area contributed by atoms with Crippen LogP contribution in [-0.2, 0) is 6.54 Å². The number of nitro benzene ring substituents is 1. The number of nitrogens with zero attached hydrogens (tertiary/aromatic N) is 1. The normalized spacial score (nSPS) is 14.1.